The van der Waals surface area contributed by atoms with Gasteiger partial charge in [-0.25, -0.2) is 0 Å². The first-order valence-corrected chi connectivity index (χ1v) is 7.63. The van der Waals surface area contributed by atoms with E-state index in [-0.39, 0.29) is 6.04 Å². The van der Waals surface area contributed by atoms with E-state index in [4.69, 9.17) is 33.7 Å². The van der Waals surface area contributed by atoms with Crippen molar-refractivity contribution in [1.82, 2.24) is 0 Å². The largest absolute Gasteiger partial charge is 0.487 e. The average Bonchev–Trinajstić information content (AvgIpc) is 2.39. The fraction of sp³-hybridized carbons (Fsp3) is 0.294. The Labute approximate surface area is 135 Å². The van der Waals surface area contributed by atoms with Crippen LogP contribution in [0.4, 0.5) is 0 Å². The van der Waals surface area contributed by atoms with Gasteiger partial charge in [-0.15, -0.1) is 0 Å². The van der Waals surface area contributed by atoms with Crippen molar-refractivity contribution in [1.29, 1.82) is 0 Å². The lowest BCUT2D eigenvalue weighted by atomic mass is 10.1. The van der Waals surface area contributed by atoms with Gasteiger partial charge in [0.25, 0.3) is 0 Å². The van der Waals surface area contributed by atoms with Gasteiger partial charge in [0, 0.05) is 16.6 Å². The van der Waals surface area contributed by atoms with Crippen molar-refractivity contribution in [3.63, 3.8) is 0 Å². The number of ether oxygens (including phenoxy) is 1. The molecule has 4 heteroatoms. The van der Waals surface area contributed by atoms with Crippen LogP contribution in [-0.2, 0) is 13.0 Å². The second kappa shape index (κ2) is 7.17. The van der Waals surface area contributed by atoms with E-state index >= 15 is 0 Å². The first kappa shape index (κ1) is 16.2. The Hall–Kier alpha value is -1.22. The smallest absolute Gasteiger partial charge is 0.138 e. The topological polar surface area (TPSA) is 35.2 Å². The van der Waals surface area contributed by atoms with Crippen molar-refractivity contribution in [2.75, 3.05) is 0 Å². The molecular formula is C17H19Cl2NO. The molecule has 2 N–H and O–H groups in total. The Morgan fingerprint density at radius 1 is 1.10 bits per heavy atom. The number of aryl methyl sites for hydroxylation is 1. The molecule has 0 heterocycles. The predicted molar refractivity (Wildman–Crippen MR) is 89.3 cm³/mol. The van der Waals surface area contributed by atoms with Crippen LogP contribution >= 0.6 is 23.2 Å². The van der Waals surface area contributed by atoms with Crippen molar-refractivity contribution in [2.45, 2.75) is 32.9 Å². The lowest BCUT2D eigenvalue weighted by Gasteiger charge is -2.12. The van der Waals surface area contributed by atoms with Gasteiger partial charge in [-0.05, 0) is 49.6 Å². The molecular weight excluding hydrogens is 305 g/mol. The van der Waals surface area contributed by atoms with E-state index in [2.05, 4.69) is 0 Å². The third-order valence-corrected chi connectivity index (χ3v) is 3.79. The van der Waals surface area contributed by atoms with Crippen LogP contribution in [0.1, 0.15) is 23.6 Å². The summed E-state index contributed by atoms with van der Waals surface area (Å²) in [5.41, 5.74) is 8.96. The highest BCUT2D eigenvalue weighted by Crippen LogP contribution is 2.28. The third-order valence-electron chi connectivity index (χ3n) is 3.15. The summed E-state index contributed by atoms with van der Waals surface area (Å²) >= 11 is 12.4. The summed E-state index contributed by atoms with van der Waals surface area (Å²) < 4.78 is 5.76. The molecule has 21 heavy (non-hydrogen) atoms. The van der Waals surface area contributed by atoms with Crippen LogP contribution in [0.2, 0.25) is 10.0 Å². The molecule has 0 aliphatic carbocycles. The number of hydrogen-bond donors (Lipinski definition) is 1. The average molecular weight is 324 g/mol. The number of halogens is 2. The molecule has 0 fully saturated rings. The van der Waals surface area contributed by atoms with Crippen molar-refractivity contribution in [2.24, 2.45) is 5.73 Å². The monoisotopic (exact) mass is 323 g/mol. The van der Waals surface area contributed by atoms with Crippen molar-refractivity contribution in [3.8, 4) is 5.75 Å². The highest BCUT2D eigenvalue weighted by molar-refractivity contribution is 6.32. The van der Waals surface area contributed by atoms with E-state index in [1.165, 1.54) is 0 Å². The Kier molecular flexibility index (Phi) is 5.51. The minimum atomic E-state index is 0.110. The summed E-state index contributed by atoms with van der Waals surface area (Å²) in [5, 5.41) is 1.30. The van der Waals surface area contributed by atoms with E-state index < -0.39 is 0 Å². The van der Waals surface area contributed by atoms with Crippen LogP contribution in [0.3, 0.4) is 0 Å². The predicted octanol–water partition coefficient (Wildman–Crippen LogP) is 4.77. The fourth-order valence-corrected chi connectivity index (χ4v) is 2.63. The van der Waals surface area contributed by atoms with Gasteiger partial charge >= 0.3 is 0 Å². The van der Waals surface area contributed by atoms with E-state index in [0.29, 0.717) is 22.4 Å². The summed E-state index contributed by atoms with van der Waals surface area (Å²) in [6.07, 6.45) is 0.795. The van der Waals surface area contributed by atoms with E-state index in [1.807, 2.05) is 50.2 Å². The van der Waals surface area contributed by atoms with Gasteiger partial charge in [0.05, 0.1) is 5.02 Å². The highest BCUT2D eigenvalue weighted by atomic mass is 35.5. The maximum atomic E-state index is 6.25. The molecule has 0 saturated carbocycles. The molecule has 0 spiro atoms. The fourth-order valence-electron chi connectivity index (χ4n) is 2.09. The normalized spacial score (nSPS) is 12.2. The molecule has 2 aromatic rings. The molecule has 112 valence electrons. The van der Waals surface area contributed by atoms with Crippen LogP contribution < -0.4 is 10.5 Å². The molecule has 0 aromatic heterocycles. The Morgan fingerprint density at radius 2 is 1.86 bits per heavy atom. The standard InChI is InChI=1S/C17H19Cl2NO/c1-11-3-5-14(15(18)7-11)10-21-17-6-4-13(8-12(2)20)9-16(17)19/h3-7,9,12H,8,10,20H2,1-2H3. The van der Waals surface area contributed by atoms with Gasteiger partial charge < -0.3 is 10.5 Å². The molecule has 2 nitrogen and oxygen atoms in total. The van der Waals surface area contributed by atoms with Crippen molar-refractivity contribution >= 4 is 23.2 Å². The van der Waals surface area contributed by atoms with E-state index in [0.717, 1.165) is 23.1 Å². The molecule has 1 unspecified atom stereocenters. The summed E-state index contributed by atoms with van der Waals surface area (Å²) in [7, 11) is 0. The molecule has 0 amide bonds. The van der Waals surface area contributed by atoms with Crippen LogP contribution in [0.25, 0.3) is 0 Å². The Balaban J connectivity index is 2.06. The van der Waals surface area contributed by atoms with Crippen molar-refractivity contribution in [3.05, 3.63) is 63.1 Å². The van der Waals surface area contributed by atoms with Gasteiger partial charge in [-0.3, -0.25) is 0 Å². The maximum absolute atomic E-state index is 6.25. The van der Waals surface area contributed by atoms with Crippen LogP contribution in [0.5, 0.6) is 5.75 Å². The molecule has 0 aliphatic heterocycles. The summed E-state index contributed by atoms with van der Waals surface area (Å²) in [5.74, 6) is 0.654. The van der Waals surface area contributed by atoms with Crippen LogP contribution in [-0.4, -0.2) is 6.04 Å². The van der Waals surface area contributed by atoms with Gasteiger partial charge in [0.1, 0.15) is 12.4 Å². The summed E-state index contributed by atoms with van der Waals surface area (Å²) in [6.45, 7) is 4.37. The lowest BCUT2D eigenvalue weighted by Crippen LogP contribution is -2.17. The SMILES string of the molecule is Cc1ccc(COc2ccc(CC(C)N)cc2Cl)c(Cl)c1. The maximum Gasteiger partial charge on any atom is 0.138 e. The number of rotatable bonds is 5. The molecule has 0 radical (unpaired) electrons. The molecule has 0 saturated heterocycles. The first-order valence-electron chi connectivity index (χ1n) is 6.87. The minimum absolute atomic E-state index is 0.110. The molecule has 2 rings (SSSR count). The molecule has 0 bridgehead atoms. The van der Waals surface area contributed by atoms with E-state index in [9.17, 15) is 0 Å². The zero-order chi connectivity index (χ0) is 15.4. The first-order chi connectivity index (χ1) is 9.95. The van der Waals surface area contributed by atoms with Gasteiger partial charge in [-0.1, -0.05) is 41.4 Å². The minimum Gasteiger partial charge on any atom is -0.487 e. The molecule has 2 aromatic carbocycles. The van der Waals surface area contributed by atoms with Gasteiger partial charge in [0.15, 0.2) is 0 Å². The summed E-state index contributed by atoms with van der Waals surface area (Å²) in [6, 6.07) is 11.8. The zero-order valence-corrected chi connectivity index (χ0v) is 13.7. The number of nitrogens with two attached hydrogens (primary N) is 1. The second-order valence-corrected chi connectivity index (χ2v) is 6.14. The molecule has 0 aliphatic rings. The van der Waals surface area contributed by atoms with Gasteiger partial charge in [0.2, 0.25) is 0 Å². The zero-order valence-electron chi connectivity index (χ0n) is 12.2. The number of benzene rings is 2. The van der Waals surface area contributed by atoms with Crippen LogP contribution in [0.15, 0.2) is 36.4 Å². The number of hydrogen-bond acceptors (Lipinski definition) is 2. The third kappa shape index (κ3) is 4.63. The highest BCUT2D eigenvalue weighted by Gasteiger charge is 2.07. The second-order valence-electron chi connectivity index (χ2n) is 5.33. The van der Waals surface area contributed by atoms with Gasteiger partial charge in [-0.2, -0.15) is 0 Å². The quantitative estimate of drug-likeness (QED) is 0.860. The van der Waals surface area contributed by atoms with Crippen molar-refractivity contribution < 1.29 is 4.74 Å². The Bertz CT molecular complexity index is 626. The lowest BCUT2D eigenvalue weighted by molar-refractivity contribution is 0.306. The Morgan fingerprint density at radius 3 is 2.48 bits per heavy atom. The van der Waals surface area contributed by atoms with E-state index in [1.54, 1.807) is 0 Å². The molecule has 1 atom stereocenters. The summed E-state index contributed by atoms with van der Waals surface area (Å²) in [4.78, 5) is 0. The van der Waals surface area contributed by atoms with Crippen LogP contribution in [0, 0.1) is 6.92 Å².